The van der Waals surface area contributed by atoms with Crippen LogP contribution < -0.4 is 4.74 Å². The summed E-state index contributed by atoms with van der Waals surface area (Å²) in [6, 6.07) is 15.7. The molecular formula is C31H44O. The van der Waals surface area contributed by atoms with Crippen molar-refractivity contribution in [1.82, 2.24) is 0 Å². The minimum Gasteiger partial charge on any atom is -0.497 e. The average Bonchev–Trinajstić information content (AvgIpc) is 2.85. The molecular weight excluding hydrogens is 388 g/mol. The third-order valence-electron chi connectivity index (χ3n) is 8.67. The zero-order valence-electron chi connectivity index (χ0n) is 20.7. The van der Waals surface area contributed by atoms with Gasteiger partial charge >= 0.3 is 0 Å². The van der Waals surface area contributed by atoms with Crippen molar-refractivity contribution in [2.24, 2.45) is 17.8 Å². The van der Waals surface area contributed by atoms with Gasteiger partial charge in [-0.05, 0) is 104 Å². The van der Waals surface area contributed by atoms with E-state index in [0.717, 1.165) is 29.4 Å². The van der Waals surface area contributed by atoms with E-state index in [-0.39, 0.29) is 0 Å². The van der Waals surface area contributed by atoms with E-state index in [1.54, 1.807) is 12.7 Å². The van der Waals surface area contributed by atoms with E-state index in [2.05, 4.69) is 56.3 Å². The Hall–Kier alpha value is -1.76. The van der Waals surface area contributed by atoms with Gasteiger partial charge in [0.15, 0.2) is 0 Å². The fourth-order valence-corrected chi connectivity index (χ4v) is 6.59. The standard InChI is InChI=1S/C31H44O/c1-4-5-6-7-24-8-10-25(11-9-24)26-12-14-27(15-13-26)29-18-21-31(23(2)22-29)28-16-19-30(32-3)20-17-28/h16-22,24-27H,4-15H2,1-3H3. The highest BCUT2D eigenvalue weighted by Crippen LogP contribution is 2.45. The maximum Gasteiger partial charge on any atom is 0.118 e. The minimum absolute atomic E-state index is 0.764. The molecule has 2 aliphatic rings. The lowest BCUT2D eigenvalue weighted by molar-refractivity contribution is 0.155. The first kappa shape index (κ1) is 23.4. The van der Waals surface area contributed by atoms with Gasteiger partial charge in [0.2, 0.25) is 0 Å². The molecule has 4 rings (SSSR count). The number of benzene rings is 2. The second kappa shape index (κ2) is 11.4. The van der Waals surface area contributed by atoms with Crippen molar-refractivity contribution in [1.29, 1.82) is 0 Å². The fraction of sp³-hybridized carbons (Fsp3) is 0.613. The molecule has 0 heterocycles. The maximum atomic E-state index is 5.31. The van der Waals surface area contributed by atoms with E-state index in [4.69, 9.17) is 4.74 Å². The Kier molecular flexibility index (Phi) is 8.33. The minimum atomic E-state index is 0.764. The zero-order chi connectivity index (χ0) is 22.3. The monoisotopic (exact) mass is 432 g/mol. The topological polar surface area (TPSA) is 9.23 Å². The van der Waals surface area contributed by atoms with Crippen LogP contribution in [0.25, 0.3) is 11.1 Å². The molecule has 0 unspecified atom stereocenters. The van der Waals surface area contributed by atoms with E-state index < -0.39 is 0 Å². The Bertz CT molecular complexity index is 820. The molecule has 2 aliphatic carbocycles. The SMILES string of the molecule is CCCCCC1CCC(C2CCC(c3ccc(-c4ccc(OC)cc4)c(C)c3)CC2)CC1. The van der Waals surface area contributed by atoms with Crippen molar-refractivity contribution < 1.29 is 4.74 Å². The summed E-state index contributed by atoms with van der Waals surface area (Å²) in [5.41, 5.74) is 5.60. The summed E-state index contributed by atoms with van der Waals surface area (Å²) < 4.78 is 5.31. The van der Waals surface area contributed by atoms with E-state index in [9.17, 15) is 0 Å². The van der Waals surface area contributed by atoms with Crippen LogP contribution in [-0.4, -0.2) is 7.11 Å². The molecule has 0 atom stereocenters. The molecule has 0 saturated heterocycles. The molecule has 0 aliphatic heterocycles. The summed E-state index contributed by atoms with van der Waals surface area (Å²) in [5.74, 6) is 4.76. The Morgan fingerprint density at radius 1 is 0.781 bits per heavy atom. The molecule has 1 heteroatoms. The second-order valence-corrected chi connectivity index (χ2v) is 10.7. The molecule has 0 N–H and O–H groups in total. The van der Waals surface area contributed by atoms with Gasteiger partial charge in [-0.15, -0.1) is 0 Å². The van der Waals surface area contributed by atoms with Crippen molar-refractivity contribution >= 4 is 0 Å². The van der Waals surface area contributed by atoms with Gasteiger partial charge in [0.1, 0.15) is 5.75 Å². The Morgan fingerprint density at radius 3 is 2.03 bits per heavy atom. The van der Waals surface area contributed by atoms with Crippen LogP contribution in [0.1, 0.15) is 101 Å². The number of rotatable bonds is 8. The molecule has 0 radical (unpaired) electrons. The Balaban J connectivity index is 1.28. The number of hydrogen-bond donors (Lipinski definition) is 0. The fourth-order valence-electron chi connectivity index (χ4n) is 6.59. The molecule has 2 aromatic carbocycles. The number of methoxy groups -OCH3 is 1. The van der Waals surface area contributed by atoms with Gasteiger partial charge in [-0.25, -0.2) is 0 Å². The quantitative estimate of drug-likeness (QED) is 0.377. The highest BCUT2D eigenvalue weighted by Gasteiger charge is 2.31. The van der Waals surface area contributed by atoms with Crippen molar-refractivity contribution in [3.05, 3.63) is 53.6 Å². The smallest absolute Gasteiger partial charge is 0.118 e. The van der Waals surface area contributed by atoms with Crippen molar-refractivity contribution in [2.45, 2.75) is 96.8 Å². The number of ether oxygens (including phenoxy) is 1. The van der Waals surface area contributed by atoms with E-state index in [1.807, 2.05) is 0 Å². The average molecular weight is 433 g/mol. The molecule has 174 valence electrons. The van der Waals surface area contributed by atoms with E-state index >= 15 is 0 Å². The lowest BCUT2D eigenvalue weighted by atomic mass is 9.68. The normalized spacial score (nSPS) is 26.1. The summed E-state index contributed by atoms with van der Waals surface area (Å²) in [7, 11) is 1.73. The van der Waals surface area contributed by atoms with Gasteiger partial charge in [-0.2, -0.15) is 0 Å². The molecule has 2 aromatic rings. The molecule has 0 spiro atoms. The third-order valence-corrected chi connectivity index (χ3v) is 8.67. The Morgan fingerprint density at radius 2 is 1.44 bits per heavy atom. The summed E-state index contributed by atoms with van der Waals surface area (Å²) in [5, 5.41) is 0. The molecule has 1 nitrogen and oxygen atoms in total. The van der Waals surface area contributed by atoms with Crippen molar-refractivity contribution in [2.75, 3.05) is 7.11 Å². The van der Waals surface area contributed by atoms with Crippen LogP contribution in [-0.2, 0) is 0 Å². The van der Waals surface area contributed by atoms with Gasteiger partial charge in [0.05, 0.1) is 7.11 Å². The van der Waals surface area contributed by atoms with Gasteiger partial charge in [-0.1, -0.05) is 75.8 Å². The lowest BCUT2D eigenvalue weighted by Crippen LogP contribution is -2.25. The van der Waals surface area contributed by atoms with Gasteiger partial charge < -0.3 is 4.74 Å². The maximum absolute atomic E-state index is 5.31. The zero-order valence-corrected chi connectivity index (χ0v) is 20.7. The first-order valence-corrected chi connectivity index (χ1v) is 13.4. The third kappa shape index (κ3) is 5.77. The van der Waals surface area contributed by atoms with Crippen LogP contribution in [0, 0.1) is 24.7 Å². The first-order valence-electron chi connectivity index (χ1n) is 13.4. The summed E-state index contributed by atoms with van der Waals surface area (Å²) in [6.07, 6.45) is 17.5. The van der Waals surface area contributed by atoms with Crippen molar-refractivity contribution in [3.8, 4) is 16.9 Å². The molecule has 2 saturated carbocycles. The highest BCUT2D eigenvalue weighted by molar-refractivity contribution is 5.68. The first-order chi connectivity index (χ1) is 15.7. The number of hydrogen-bond acceptors (Lipinski definition) is 1. The number of aryl methyl sites for hydroxylation is 1. The summed E-state index contributed by atoms with van der Waals surface area (Å²) in [4.78, 5) is 0. The van der Waals surface area contributed by atoms with Crippen LogP contribution in [0.5, 0.6) is 5.75 Å². The van der Waals surface area contributed by atoms with Crippen molar-refractivity contribution in [3.63, 3.8) is 0 Å². The summed E-state index contributed by atoms with van der Waals surface area (Å²) >= 11 is 0. The van der Waals surface area contributed by atoms with E-state index in [1.165, 1.54) is 93.7 Å². The number of unbranched alkanes of at least 4 members (excludes halogenated alkanes) is 2. The lowest BCUT2D eigenvalue weighted by Gasteiger charge is -2.38. The Labute approximate surface area is 197 Å². The predicted molar refractivity (Wildman–Crippen MR) is 137 cm³/mol. The summed E-state index contributed by atoms with van der Waals surface area (Å²) in [6.45, 7) is 4.59. The van der Waals surface area contributed by atoms with Crippen LogP contribution in [0.15, 0.2) is 42.5 Å². The molecule has 32 heavy (non-hydrogen) atoms. The van der Waals surface area contributed by atoms with Crippen LogP contribution in [0.2, 0.25) is 0 Å². The second-order valence-electron chi connectivity index (χ2n) is 10.7. The van der Waals surface area contributed by atoms with E-state index in [0.29, 0.717) is 0 Å². The van der Waals surface area contributed by atoms with Gasteiger partial charge in [0.25, 0.3) is 0 Å². The van der Waals surface area contributed by atoms with Gasteiger partial charge in [-0.3, -0.25) is 0 Å². The predicted octanol–water partition coefficient (Wildman–Crippen LogP) is 9.33. The van der Waals surface area contributed by atoms with Gasteiger partial charge in [0, 0.05) is 0 Å². The molecule has 2 fully saturated rings. The van der Waals surface area contributed by atoms with Crippen LogP contribution >= 0.6 is 0 Å². The van der Waals surface area contributed by atoms with Crippen LogP contribution in [0.3, 0.4) is 0 Å². The highest BCUT2D eigenvalue weighted by atomic mass is 16.5. The van der Waals surface area contributed by atoms with Crippen LogP contribution in [0.4, 0.5) is 0 Å². The molecule has 0 aromatic heterocycles. The molecule has 0 bridgehead atoms. The molecule has 0 amide bonds. The largest absolute Gasteiger partial charge is 0.497 e.